The lowest BCUT2D eigenvalue weighted by Crippen LogP contribution is -2.07. The second kappa shape index (κ2) is 6.73. The number of rotatable bonds is 6. The lowest BCUT2D eigenvalue weighted by atomic mass is 10.1. The van der Waals surface area contributed by atoms with Crippen molar-refractivity contribution in [3.8, 4) is 0 Å². The zero-order chi connectivity index (χ0) is 15.4. The first-order chi connectivity index (χ1) is 10.0. The van der Waals surface area contributed by atoms with Gasteiger partial charge in [-0.1, -0.05) is 12.1 Å². The van der Waals surface area contributed by atoms with E-state index >= 15 is 0 Å². The van der Waals surface area contributed by atoms with Crippen molar-refractivity contribution in [2.75, 3.05) is 5.75 Å². The Morgan fingerprint density at radius 2 is 2.19 bits per heavy atom. The van der Waals surface area contributed by atoms with Crippen molar-refractivity contribution in [3.05, 3.63) is 51.5 Å². The fourth-order valence-corrected chi connectivity index (χ4v) is 3.13. The summed E-state index contributed by atoms with van der Waals surface area (Å²) in [5.41, 5.74) is 1.96. The van der Waals surface area contributed by atoms with E-state index in [-0.39, 0.29) is 12.4 Å². The van der Waals surface area contributed by atoms with E-state index in [0.717, 1.165) is 16.0 Å². The average Bonchev–Trinajstić information content (AvgIpc) is 2.82. The molecule has 1 heterocycles. The van der Waals surface area contributed by atoms with E-state index in [9.17, 15) is 15.2 Å². The summed E-state index contributed by atoms with van der Waals surface area (Å²) in [6.07, 6.45) is 1.29. The van der Waals surface area contributed by atoms with E-state index in [0.29, 0.717) is 18.1 Å². The molecule has 2 rings (SSSR count). The predicted molar refractivity (Wildman–Crippen MR) is 81.4 cm³/mol. The summed E-state index contributed by atoms with van der Waals surface area (Å²) < 4.78 is 1.61. The minimum Gasteiger partial charge on any atom is -0.392 e. The van der Waals surface area contributed by atoms with E-state index in [1.807, 2.05) is 25.1 Å². The zero-order valence-corrected chi connectivity index (χ0v) is 12.8. The Bertz CT molecular complexity index is 655. The van der Waals surface area contributed by atoms with Gasteiger partial charge in [-0.15, -0.1) is 11.8 Å². The van der Waals surface area contributed by atoms with Crippen molar-refractivity contribution >= 4 is 17.6 Å². The fourth-order valence-electron chi connectivity index (χ4n) is 2.11. The molecule has 1 aromatic heterocycles. The SMILES string of the molecule is Cc1c(CO)cccc1SCCn1c([N+](=O)[O-])cnc1C. The number of thioether (sulfide) groups is 1. The summed E-state index contributed by atoms with van der Waals surface area (Å²) in [6.45, 7) is 4.27. The van der Waals surface area contributed by atoms with Crippen molar-refractivity contribution in [2.45, 2.75) is 31.9 Å². The number of hydrogen-bond donors (Lipinski definition) is 1. The van der Waals surface area contributed by atoms with Crippen LogP contribution in [0.2, 0.25) is 0 Å². The van der Waals surface area contributed by atoms with Crippen molar-refractivity contribution in [1.29, 1.82) is 0 Å². The van der Waals surface area contributed by atoms with E-state index in [1.165, 1.54) is 6.20 Å². The van der Waals surface area contributed by atoms with Crippen LogP contribution in [-0.4, -0.2) is 25.3 Å². The van der Waals surface area contributed by atoms with E-state index in [2.05, 4.69) is 4.98 Å². The van der Waals surface area contributed by atoms with Crippen LogP contribution in [0.5, 0.6) is 0 Å². The van der Waals surface area contributed by atoms with E-state index in [1.54, 1.807) is 23.3 Å². The summed E-state index contributed by atoms with van der Waals surface area (Å²) in [5.74, 6) is 1.37. The molecule has 0 fully saturated rings. The van der Waals surface area contributed by atoms with E-state index in [4.69, 9.17) is 0 Å². The van der Waals surface area contributed by atoms with Gasteiger partial charge in [0.05, 0.1) is 6.61 Å². The van der Waals surface area contributed by atoms with Gasteiger partial charge in [0, 0.05) is 17.6 Å². The summed E-state index contributed by atoms with van der Waals surface area (Å²) in [7, 11) is 0. The number of hydrogen-bond acceptors (Lipinski definition) is 5. The van der Waals surface area contributed by atoms with Gasteiger partial charge in [-0.3, -0.25) is 0 Å². The number of aromatic nitrogens is 2. The third-order valence-corrected chi connectivity index (χ3v) is 4.50. The molecule has 7 heteroatoms. The van der Waals surface area contributed by atoms with Crippen LogP contribution in [-0.2, 0) is 13.2 Å². The first-order valence-electron chi connectivity index (χ1n) is 6.53. The number of aryl methyl sites for hydroxylation is 1. The summed E-state index contributed by atoms with van der Waals surface area (Å²) in [6, 6.07) is 5.80. The maximum absolute atomic E-state index is 10.9. The van der Waals surface area contributed by atoms with Crippen molar-refractivity contribution < 1.29 is 10.0 Å². The van der Waals surface area contributed by atoms with Crippen molar-refractivity contribution in [3.63, 3.8) is 0 Å². The molecule has 1 N–H and O–H groups in total. The first-order valence-corrected chi connectivity index (χ1v) is 7.51. The highest BCUT2D eigenvalue weighted by Crippen LogP contribution is 2.26. The van der Waals surface area contributed by atoms with Gasteiger partial charge in [-0.05, 0) is 29.0 Å². The van der Waals surface area contributed by atoms with Crippen LogP contribution in [0.3, 0.4) is 0 Å². The van der Waals surface area contributed by atoms with Crippen LogP contribution in [0.4, 0.5) is 5.82 Å². The minimum atomic E-state index is -0.414. The number of aliphatic hydroxyl groups excluding tert-OH is 1. The van der Waals surface area contributed by atoms with Gasteiger partial charge in [0.2, 0.25) is 0 Å². The fraction of sp³-hybridized carbons (Fsp3) is 0.357. The molecule has 1 aromatic carbocycles. The average molecular weight is 307 g/mol. The molecule has 6 nitrogen and oxygen atoms in total. The highest BCUT2D eigenvalue weighted by molar-refractivity contribution is 7.99. The molecule has 0 amide bonds. The molecule has 112 valence electrons. The number of nitrogens with zero attached hydrogens (tertiary/aromatic N) is 3. The number of aliphatic hydroxyl groups is 1. The molecule has 0 spiro atoms. The molecule has 0 aliphatic carbocycles. The smallest absolute Gasteiger partial charge is 0.342 e. The normalized spacial score (nSPS) is 10.8. The predicted octanol–water partition coefficient (Wildman–Crippen LogP) is 2.69. The summed E-state index contributed by atoms with van der Waals surface area (Å²) in [4.78, 5) is 15.6. The van der Waals surface area contributed by atoms with Crippen molar-refractivity contribution in [2.24, 2.45) is 0 Å². The van der Waals surface area contributed by atoms with Gasteiger partial charge in [0.15, 0.2) is 5.82 Å². The third-order valence-electron chi connectivity index (χ3n) is 3.36. The monoisotopic (exact) mass is 307 g/mol. The molecule has 0 saturated heterocycles. The van der Waals surface area contributed by atoms with Crippen LogP contribution in [0, 0.1) is 24.0 Å². The number of nitro groups is 1. The van der Waals surface area contributed by atoms with Gasteiger partial charge in [-0.2, -0.15) is 0 Å². The van der Waals surface area contributed by atoms with Gasteiger partial charge in [0.25, 0.3) is 0 Å². The van der Waals surface area contributed by atoms with Crippen LogP contribution in [0.25, 0.3) is 0 Å². The molecule has 0 aliphatic heterocycles. The second-order valence-corrected chi connectivity index (χ2v) is 5.76. The second-order valence-electron chi connectivity index (χ2n) is 4.62. The molecule has 21 heavy (non-hydrogen) atoms. The topological polar surface area (TPSA) is 81.2 Å². The largest absolute Gasteiger partial charge is 0.392 e. The van der Waals surface area contributed by atoms with Crippen LogP contribution in [0.15, 0.2) is 29.3 Å². The molecule has 0 atom stereocenters. The Hall–Kier alpha value is -1.86. The first kappa shape index (κ1) is 15.5. The molecule has 0 unspecified atom stereocenters. The Morgan fingerprint density at radius 3 is 2.86 bits per heavy atom. The van der Waals surface area contributed by atoms with Crippen LogP contribution >= 0.6 is 11.8 Å². The molecular formula is C14H17N3O3S. The Labute approximate surface area is 127 Å². The van der Waals surface area contributed by atoms with Crippen LogP contribution < -0.4 is 0 Å². The Balaban J connectivity index is 2.06. The standard InChI is InChI=1S/C14H17N3O3S/c1-10-12(9-18)4-3-5-13(10)21-7-6-16-11(2)15-8-14(16)17(19)20/h3-5,8,18H,6-7,9H2,1-2H3. The lowest BCUT2D eigenvalue weighted by molar-refractivity contribution is -0.392. The van der Waals surface area contributed by atoms with Gasteiger partial charge in [-0.25, -0.2) is 9.55 Å². The Kier molecular flexibility index (Phi) is 4.98. The maximum Gasteiger partial charge on any atom is 0.342 e. The number of benzene rings is 1. The zero-order valence-electron chi connectivity index (χ0n) is 11.9. The summed E-state index contributed by atoms with van der Waals surface area (Å²) >= 11 is 1.62. The molecule has 2 aromatic rings. The van der Waals surface area contributed by atoms with Crippen LogP contribution in [0.1, 0.15) is 17.0 Å². The number of imidazole rings is 1. The molecule has 0 saturated carbocycles. The van der Waals surface area contributed by atoms with Gasteiger partial charge in [0.1, 0.15) is 12.7 Å². The van der Waals surface area contributed by atoms with Gasteiger partial charge >= 0.3 is 5.82 Å². The third kappa shape index (κ3) is 3.43. The van der Waals surface area contributed by atoms with Gasteiger partial charge < -0.3 is 15.2 Å². The highest BCUT2D eigenvalue weighted by Gasteiger charge is 2.17. The van der Waals surface area contributed by atoms with Crippen molar-refractivity contribution in [1.82, 2.24) is 9.55 Å². The molecule has 0 aliphatic rings. The molecule has 0 bridgehead atoms. The lowest BCUT2D eigenvalue weighted by Gasteiger charge is -2.09. The highest BCUT2D eigenvalue weighted by atomic mass is 32.2. The maximum atomic E-state index is 10.9. The Morgan fingerprint density at radius 1 is 1.43 bits per heavy atom. The quantitative estimate of drug-likeness (QED) is 0.504. The van der Waals surface area contributed by atoms with E-state index < -0.39 is 4.92 Å². The summed E-state index contributed by atoms with van der Waals surface area (Å²) in [5, 5.41) is 20.2. The molecular weight excluding hydrogens is 290 g/mol. The molecule has 0 radical (unpaired) electrons. The minimum absolute atomic E-state index is 0.0202.